The monoisotopic (exact) mass is 513 g/mol. The van der Waals surface area contributed by atoms with E-state index >= 15 is 0 Å². The second-order valence-electron chi connectivity index (χ2n) is 9.72. The Bertz CT molecular complexity index is 1270. The van der Waals surface area contributed by atoms with Crippen molar-refractivity contribution >= 4 is 34.9 Å². The number of ketones is 1. The zero-order valence-electron chi connectivity index (χ0n) is 20.8. The van der Waals surface area contributed by atoms with Gasteiger partial charge in [0.05, 0.1) is 31.9 Å². The molecule has 2 aromatic carbocycles. The molecule has 9 heteroatoms. The van der Waals surface area contributed by atoms with Crippen LogP contribution in [0, 0.1) is 5.41 Å². The third-order valence-electron chi connectivity index (χ3n) is 6.67. The van der Waals surface area contributed by atoms with Crippen LogP contribution < -0.4 is 19.1 Å². The third-order valence-corrected chi connectivity index (χ3v) is 7.00. The van der Waals surface area contributed by atoms with Gasteiger partial charge in [-0.3, -0.25) is 14.5 Å². The van der Waals surface area contributed by atoms with Crippen molar-refractivity contribution in [3.05, 3.63) is 57.8 Å². The second kappa shape index (κ2) is 9.50. The van der Waals surface area contributed by atoms with E-state index < -0.39 is 11.9 Å². The van der Waals surface area contributed by atoms with Crippen LogP contribution in [0.2, 0.25) is 5.02 Å². The zero-order valence-corrected chi connectivity index (χ0v) is 21.6. The molecule has 8 nitrogen and oxygen atoms in total. The Kier molecular flexibility index (Phi) is 6.75. The molecule has 1 N–H and O–H groups in total. The van der Waals surface area contributed by atoms with E-state index in [0.29, 0.717) is 52.6 Å². The minimum Gasteiger partial charge on any atom is -0.493 e. The molecule has 190 valence electrons. The molecule has 1 aliphatic heterocycles. The van der Waals surface area contributed by atoms with Crippen molar-refractivity contribution in [1.29, 1.82) is 0 Å². The van der Waals surface area contributed by atoms with E-state index in [0.717, 1.165) is 0 Å². The van der Waals surface area contributed by atoms with Gasteiger partial charge in [-0.2, -0.15) is 0 Å². The Morgan fingerprint density at radius 2 is 1.67 bits per heavy atom. The van der Waals surface area contributed by atoms with Crippen molar-refractivity contribution in [1.82, 2.24) is 0 Å². The average molecular weight is 514 g/mol. The topological polar surface area (TPSA) is 102 Å². The predicted molar refractivity (Wildman–Crippen MR) is 134 cm³/mol. The number of amides is 1. The molecule has 1 amide bonds. The van der Waals surface area contributed by atoms with E-state index in [-0.39, 0.29) is 34.1 Å². The lowest BCUT2D eigenvalue weighted by Crippen LogP contribution is -2.43. The first kappa shape index (κ1) is 25.6. The van der Waals surface area contributed by atoms with Crippen molar-refractivity contribution in [2.45, 2.75) is 39.0 Å². The molecule has 0 radical (unpaired) electrons. The summed E-state index contributed by atoms with van der Waals surface area (Å²) in [6.45, 7) is 3.95. The van der Waals surface area contributed by atoms with Gasteiger partial charge in [-0.1, -0.05) is 25.4 Å². The number of carbonyl (C=O) groups excluding carboxylic acids is 2. The number of nitrogens with zero attached hydrogens (tertiary/aromatic N) is 1. The molecular weight excluding hydrogens is 486 g/mol. The molecule has 1 unspecified atom stereocenters. The molecule has 0 fully saturated rings. The Labute approximate surface area is 214 Å². The van der Waals surface area contributed by atoms with Crippen molar-refractivity contribution in [2.75, 3.05) is 26.2 Å². The lowest BCUT2D eigenvalue weighted by Gasteiger charge is -2.43. The van der Waals surface area contributed by atoms with E-state index in [1.165, 1.54) is 38.4 Å². The third kappa shape index (κ3) is 4.41. The van der Waals surface area contributed by atoms with Gasteiger partial charge in [0, 0.05) is 35.7 Å². The SMILES string of the molecule is COc1cc(C2CC(=O)N(c3ccc(Cl)c(C(=O)O)c3)C3=C2C(=O)CC(C)(C)C3)cc(OC)c1OC. The van der Waals surface area contributed by atoms with Gasteiger partial charge >= 0.3 is 5.97 Å². The molecule has 0 saturated heterocycles. The van der Waals surface area contributed by atoms with Gasteiger partial charge in [0.15, 0.2) is 17.3 Å². The van der Waals surface area contributed by atoms with Gasteiger partial charge in [0.25, 0.3) is 0 Å². The number of ether oxygens (including phenoxy) is 3. The number of aromatic carboxylic acids is 1. The molecule has 2 aliphatic rings. The quantitative estimate of drug-likeness (QED) is 0.564. The first-order valence-electron chi connectivity index (χ1n) is 11.4. The summed E-state index contributed by atoms with van der Waals surface area (Å²) in [5, 5.41) is 9.63. The van der Waals surface area contributed by atoms with E-state index in [1.807, 2.05) is 13.8 Å². The first-order chi connectivity index (χ1) is 17.0. The lowest BCUT2D eigenvalue weighted by molar-refractivity contribution is -0.121. The van der Waals surface area contributed by atoms with Crippen LogP contribution in [0.15, 0.2) is 41.6 Å². The normalized spacial score (nSPS) is 19.2. The minimum absolute atomic E-state index is 0.00860. The van der Waals surface area contributed by atoms with Gasteiger partial charge < -0.3 is 19.3 Å². The van der Waals surface area contributed by atoms with Crippen molar-refractivity contribution < 1.29 is 33.7 Å². The molecule has 1 atom stereocenters. The maximum absolute atomic E-state index is 13.7. The highest BCUT2D eigenvalue weighted by atomic mass is 35.5. The molecule has 0 aromatic heterocycles. The molecule has 2 aromatic rings. The Balaban J connectivity index is 1.93. The number of allylic oxidation sites excluding steroid dienone is 2. The van der Waals surface area contributed by atoms with Crippen LogP contribution in [0.5, 0.6) is 17.2 Å². The molecule has 0 spiro atoms. The summed E-state index contributed by atoms with van der Waals surface area (Å²) in [5.41, 5.74) is 1.67. The minimum atomic E-state index is -1.20. The molecular formula is C27H28ClNO7. The number of carboxylic acid groups (broad SMARTS) is 1. The lowest BCUT2D eigenvalue weighted by atomic mass is 9.69. The number of methoxy groups -OCH3 is 3. The first-order valence-corrected chi connectivity index (χ1v) is 11.8. The fourth-order valence-corrected chi connectivity index (χ4v) is 5.32. The maximum atomic E-state index is 13.7. The summed E-state index contributed by atoms with van der Waals surface area (Å²) in [5.74, 6) is -0.752. The van der Waals surface area contributed by atoms with Crippen molar-refractivity contribution in [3.8, 4) is 17.2 Å². The highest BCUT2D eigenvalue weighted by Gasteiger charge is 2.45. The molecule has 4 rings (SSSR count). The summed E-state index contributed by atoms with van der Waals surface area (Å²) >= 11 is 6.07. The number of carbonyl (C=O) groups is 3. The fourth-order valence-electron chi connectivity index (χ4n) is 5.12. The van der Waals surface area contributed by atoms with Gasteiger partial charge in [-0.15, -0.1) is 0 Å². The molecule has 36 heavy (non-hydrogen) atoms. The standard InChI is InChI=1S/C27H28ClNO7/c1-27(2)12-19-24(20(30)13-27)16(14-8-21(34-3)25(36-5)22(9-14)35-4)11-23(31)29(19)15-6-7-18(28)17(10-15)26(32)33/h6-10,16H,11-13H2,1-5H3,(H,32,33). The van der Waals surface area contributed by atoms with E-state index in [2.05, 4.69) is 0 Å². The number of rotatable bonds is 6. The molecule has 1 heterocycles. The second-order valence-corrected chi connectivity index (χ2v) is 10.1. The van der Waals surface area contributed by atoms with Crippen LogP contribution >= 0.6 is 11.6 Å². The molecule has 1 aliphatic carbocycles. The van der Waals surface area contributed by atoms with Gasteiger partial charge in [-0.25, -0.2) is 4.79 Å². The van der Waals surface area contributed by atoms with E-state index in [1.54, 1.807) is 18.2 Å². The summed E-state index contributed by atoms with van der Waals surface area (Å²) in [4.78, 5) is 40.4. The highest BCUT2D eigenvalue weighted by molar-refractivity contribution is 6.33. The Hall–Kier alpha value is -3.52. The predicted octanol–water partition coefficient (Wildman–Crippen LogP) is 5.23. The van der Waals surface area contributed by atoms with Crippen molar-refractivity contribution in [3.63, 3.8) is 0 Å². The zero-order chi connectivity index (χ0) is 26.4. The fraction of sp³-hybridized carbons (Fsp3) is 0.370. The highest BCUT2D eigenvalue weighted by Crippen LogP contribution is 2.50. The number of halogens is 1. The van der Waals surface area contributed by atoms with E-state index in [9.17, 15) is 19.5 Å². The summed E-state index contributed by atoms with van der Waals surface area (Å²) in [6, 6.07) is 7.95. The van der Waals surface area contributed by atoms with Crippen LogP contribution in [0.1, 0.15) is 54.9 Å². The van der Waals surface area contributed by atoms with Gasteiger partial charge in [-0.05, 0) is 47.7 Å². The number of anilines is 1. The molecule has 0 bridgehead atoms. The Morgan fingerprint density at radius 3 is 2.22 bits per heavy atom. The number of Topliss-reactive ketones (excluding diaryl/α,β-unsaturated/α-hetero) is 1. The smallest absolute Gasteiger partial charge is 0.337 e. The van der Waals surface area contributed by atoms with Gasteiger partial charge in [0.2, 0.25) is 11.7 Å². The number of benzene rings is 2. The van der Waals surface area contributed by atoms with Crippen molar-refractivity contribution in [2.24, 2.45) is 5.41 Å². The summed E-state index contributed by atoms with van der Waals surface area (Å²) in [7, 11) is 4.52. The number of carboxylic acids is 1. The van der Waals surface area contributed by atoms with Crippen LogP contribution in [-0.2, 0) is 9.59 Å². The Morgan fingerprint density at radius 1 is 1.03 bits per heavy atom. The van der Waals surface area contributed by atoms with Crippen LogP contribution in [0.25, 0.3) is 0 Å². The van der Waals surface area contributed by atoms with Gasteiger partial charge in [0.1, 0.15) is 0 Å². The van der Waals surface area contributed by atoms with Crippen LogP contribution in [0.3, 0.4) is 0 Å². The van der Waals surface area contributed by atoms with E-state index in [4.69, 9.17) is 25.8 Å². The number of hydrogen-bond acceptors (Lipinski definition) is 6. The number of hydrogen-bond donors (Lipinski definition) is 1. The maximum Gasteiger partial charge on any atom is 0.337 e. The average Bonchev–Trinajstić information content (AvgIpc) is 2.82. The van der Waals surface area contributed by atoms with Crippen LogP contribution in [0.4, 0.5) is 5.69 Å². The summed E-state index contributed by atoms with van der Waals surface area (Å²) < 4.78 is 16.4. The molecule has 0 saturated carbocycles. The largest absolute Gasteiger partial charge is 0.493 e. The van der Waals surface area contributed by atoms with Crippen LogP contribution in [-0.4, -0.2) is 44.1 Å². The summed E-state index contributed by atoms with van der Waals surface area (Å²) in [6.07, 6.45) is 0.802.